The van der Waals surface area contributed by atoms with E-state index in [0.29, 0.717) is 23.5 Å². The van der Waals surface area contributed by atoms with Crippen molar-refractivity contribution < 1.29 is 8.42 Å². The van der Waals surface area contributed by atoms with Crippen molar-refractivity contribution in [3.05, 3.63) is 23.8 Å². The van der Waals surface area contributed by atoms with Crippen LogP contribution < -0.4 is 10.5 Å². The van der Waals surface area contributed by atoms with E-state index in [9.17, 15) is 8.42 Å². The fourth-order valence-corrected chi connectivity index (χ4v) is 4.20. The summed E-state index contributed by atoms with van der Waals surface area (Å²) in [6.07, 6.45) is 3.07. The van der Waals surface area contributed by atoms with Gasteiger partial charge in [0.25, 0.3) is 0 Å². The summed E-state index contributed by atoms with van der Waals surface area (Å²) in [5.74, 6) is 0. The zero-order valence-electron chi connectivity index (χ0n) is 12.8. The lowest BCUT2D eigenvalue weighted by atomic mass is 10.1. The summed E-state index contributed by atoms with van der Waals surface area (Å²) < 4.78 is 27.7. The Labute approximate surface area is 127 Å². The molecule has 1 aliphatic rings. The van der Waals surface area contributed by atoms with Gasteiger partial charge in [-0.1, -0.05) is 13.0 Å². The van der Waals surface area contributed by atoms with E-state index in [1.165, 1.54) is 12.8 Å². The summed E-state index contributed by atoms with van der Waals surface area (Å²) in [6.45, 7) is 6.55. The van der Waals surface area contributed by atoms with Gasteiger partial charge in [-0.15, -0.1) is 0 Å². The van der Waals surface area contributed by atoms with Crippen molar-refractivity contribution in [3.8, 4) is 0 Å². The Morgan fingerprint density at radius 2 is 2.00 bits per heavy atom. The first kappa shape index (κ1) is 16.3. The van der Waals surface area contributed by atoms with E-state index in [1.54, 1.807) is 18.2 Å². The van der Waals surface area contributed by atoms with Crippen LogP contribution in [0.15, 0.2) is 23.1 Å². The van der Waals surface area contributed by atoms with Gasteiger partial charge in [-0.25, -0.2) is 13.1 Å². The van der Waals surface area contributed by atoms with Crippen LogP contribution in [0, 0.1) is 0 Å². The number of hydrogen-bond donors (Lipinski definition) is 2. The quantitative estimate of drug-likeness (QED) is 0.782. The van der Waals surface area contributed by atoms with Crippen molar-refractivity contribution in [1.29, 1.82) is 0 Å². The molecule has 0 aliphatic carbocycles. The Hall–Kier alpha value is -1.11. The number of nitrogens with two attached hydrogens (primary N) is 1. The number of rotatable bonds is 6. The number of nitrogens with one attached hydrogen (secondary N) is 1. The molecule has 0 radical (unpaired) electrons. The standard InChI is InChI=1S/C15H25N3O2S/c1-3-13-6-7-14(16)10-15(13)21(19,20)17-11-12(2)18-8-4-5-9-18/h6-7,10,12,17H,3-5,8-9,11,16H2,1-2H3. The molecule has 0 amide bonds. The van der Waals surface area contributed by atoms with Gasteiger partial charge in [0.1, 0.15) is 0 Å². The monoisotopic (exact) mass is 311 g/mol. The third-order valence-corrected chi connectivity index (χ3v) is 5.60. The van der Waals surface area contributed by atoms with Crippen LogP contribution in [0.3, 0.4) is 0 Å². The minimum Gasteiger partial charge on any atom is -0.399 e. The number of likely N-dealkylation sites (tertiary alicyclic amines) is 1. The summed E-state index contributed by atoms with van der Waals surface area (Å²) in [5.41, 5.74) is 7.00. The molecule has 6 heteroatoms. The van der Waals surface area contributed by atoms with E-state index in [1.807, 2.05) is 6.92 Å². The van der Waals surface area contributed by atoms with E-state index in [-0.39, 0.29) is 6.04 Å². The predicted octanol–water partition coefficient (Wildman–Crippen LogP) is 1.59. The van der Waals surface area contributed by atoms with Crippen molar-refractivity contribution in [2.24, 2.45) is 0 Å². The normalized spacial score (nSPS) is 18.0. The van der Waals surface area contributed by atoms with Crippen LogP contribution in [0.25, 0.3) is 0 Å². The predicted molar refractivity (Wildman–Crippen MR) is 85.7 cm³/mol. The highest BCUT2D eigenvalue weighted by Crippen LogP contribution is 2.20. The molecule has 0 spiro atoms. The maximum Gasteiger partial charge on any atom is 0.240 e. The van der Waals surface area contributed by atoms with Crippen molar-refractivity contribution >= 4 is 15.7 Å². The first-order valence-corrected chi connectivity index (χ1v) is 9.04. The molecule has 1 unspecified atom stereocenters. The lowest BCUT2D eigenvalue weighted by Crippen LogP contribution is -2.40. The molecule has 1 atom stereocenters. The van der Waals surface area contributed by atoms with Gasteiger partial charge < -0.3 is 5.73 Å². The zero-order valence-corrected chi connectivity index (χ0v) is 13.6. The molecule has 0 aromatic heterocycles. The fourth-order valence-electron chi connectivity index (χ4n) is 2.73. The number of anilines is 1. The first-order valence-electron chi connectivity index (χ1n) is 7.56. The average molecular weight is 311 g/mol. The highest BCUT2D eigenvalue weighted by atomic mass is 32.2. The molecular weight excluding hydrogens is 286 g/mol. The molecule has 1 aromatic carbocycles. The lowest BCUT2D eigenvalue weighted by molar-refractivity contribution is 0.260. The largest absolute Gasteiger partial charge is 0.399 e. The molecule has 1 aromatic rings. The van der Waals surface area contributed by atoms with E-state index < -0.39 is 10.0 Å². The van der Waals surface area contributed by atoms with E-state index in [2.05, 4.69) is 16.5 Å². The summed E-state index contributed by atoms with van der Waals surface area (Å²) in [5, 5.41) is 0. The minimum atomic E-state index is -3.51. The van der Waals surface area contributed by atoms with Gasteiger partial charge in [-0.05, 0) is 57.0 Å². The van der Waals surface area contributed by atoms with Crippen molar-refractivity contribution in [2.75, 3.05) is 25.4 Å². The summed E-state index contributed by atoms with van der Waals surface area (Å²) in [6, 6.07) is 5.29. The summed E-state index contributed by atoms with van der Waals surface area (Å²) in [7, 11) is -3.51. The molecular formula is C15H25N3O2S. The van der Waals surface area contributed by atoms with E-state index >= 15 is 0 Å². The van der Waals surface area contributed by atoms with Crippen molar-refractivity contribution in [3.63, 3.8) is 0 Å². The van der Waals surface area contributed by atoms with Crippen LogP contribution in [0.5, 0.6) is 0 Å². The molecule has 1 heterocycles. The van der Waals surface area contributed by atoms with Gasteiger partial charge >= 0.3 is 0 Å². The Morgan fingerprint density at radius 3 is 2.62 bits per heavy atom. The number of nitrogen functional groups attached to an aromatic ring is 1. The number of aryl methyl sites for hydroxylation is 1. The summed E-state index contributed by atoms with van der Waals surface area (Å²) in [4.78, 5) is 2.63. The molecule has 0 saturated carbocycles. The highest BCUT2D eigenvalue weighted by Gasteiger charge is 2.22. The maximum absolute atomic E-state index is 12.5. The van der Waals surface area contributed by atoms with Gasteiger partial charge in [-0.2, -0.15) is 0 Å². The zero-order chi connectivity index (χ0) is 15.5. The minimum absolute atomic E-state index is 0.216. The van der Waals surface area contributed by atoms with Gasteiger partial charge in [0.2, 0.25) is 10.0 Å². The Balaban J connectivity index is 2.09. The maximum atomic E-state index is 12.5. The highest BCUT2D eigenvalue weighted by molar-refractivity contribution is 7.89. The molecule has 21 heavy (non-hydrogen) atoms. The van der Waals surface area contributed by atoms with Crippen molar-refractivity contribution in [2.45, 2.75) is 44.0 Å². The van der Waals surface area contributed by atoms with Crippen molar-refractivity contribution in [1.82, 2.24) is 9.62 Å². The smallest absolute Gasteiger partial charge is 0.240 e. The number of sulfonamides is 1. The molecule has 1 aliphatic heterocycles. The van der Waals surface area contributed by atoms with E-state index in [0.717, 1.165) is 18.7 Å². The summed E-state index contributed by atoms with van der Waals surface area (Å²) >= 11 is 0. The van der Waals surface area contributed by atoms with Gasteiger partial charge in [0.15, 0.2) is 0 Å². The van der Waals surface area contributed by atoms with Crippen LogP contribution in [0.4, 0.5) is 5.69 Å². The number of nitrogens with zero attached hydrogens (tertiary/aromatic N) is 1. The molecule has 3 N–H and O–H groups in total. The first-order chi connectivity index (χ1) is 9.94. The third-order valence-electron chi connectivity index (χ3n) is 4.09. The topological polar surface area (TPSA) is 75.4 Å². The number of benzene rings is 1. The van der Waals surface area contributed by atoms with Gasteiger partial charge in [0.05, 0.1) is 4.90 Å². The average Bonchev–Trinajstić information content (AvgIpc) is 2.99. The Kier molecular flexibility index (Phi) is 5.24. The fraction of sp³-hybridized carbons (Fsp3) is 0.600. The lowest BCUT2D eigenvalue weighted by Gasteiger charge is -2.24. The second-order valence-electron chi connectivity index (χ2n) is 5.66. The third kappa shape index (κ3) is 3.96. The van der Waals surface area contributed by atoms with Crippen LogP contribution in [-0.2, 0) is 16.4 Å². The van der Waals surface area contributed by atoms with Gasteiger partial charge in [0, 0.05) is 18.3 Å². The molecule has 0 bridgehead atoms. The van der Waals surface area contributed by atoms with Gasteiger partial charge in [-0.3, -0.25) is 4.90 Å². The Bertz CT molecular complexity index is 581. The van der Waals surface area contributed by atoms with Crippen LogP contribution in [0.2, 0.25) is 0 Å². The second-order valence-corrected chi connectivity index (χ2v) is 7.40. The van der Waals surface area contributed by atoms with E-state index in [4.69, 9.17) is 5.73 Å². The van der Waals surface area contributed by atoms with Crippen LogP contribution >= 0.6 is 0 Å². The SMILES string of the molecule is CCc1ccc(N)cc1S(=O)(=O)NCC(C)N1CCCC1. The molecule has 118 valence electrons. The molecule has 1 saturated heterocycles. The molecule has 5 nitrogen and oxygen atoms in total. The van der Waals surface area contributed by atoms with Crippen LogP contribution in [-0.4, -0.2) is 39.0 Å². The molecule has 2 rings (SSSR count). The van der Waals surface area contributed by atoms with Crippen LogP contribution in [0.1, 0.15) is 32.3 Å². The second kappa shape index (κ2) is 6.77. The Morgan fingerprint density at radius 1 is 1.33 bits per heavy atom. The number of hydrogen-bond acceptors (Lipinski definition) is 4. The molecule has 1 fully saturated rings.